The molecule has 0 saturated heterocycles. The lowest BCUT2D eigenvalue weighted by Crippen LogP contribution is -2.49. The second kappa shape index (κ2) is 9.06. The number of hydrogen-bond acceptors (Lipinski definition) is 3. The highest BCUT2D eigenvalue weighted by Gasteiger charge is 2.31. The molecule has 0 saturated carbocycles. The van der Waals surface area contributed by atoms with Crippen LogP contribution in [0.15, 0.2) is 60.7 Å². The highest BCUT2D eigenvalue weighted by Crippen LogP contribution is 2.27. The number of fused-ring (bicyclic) bond motifs is 1. The van der Waals surface area contributed by atoms with Crippen LogP contribution in [0.5, 0.6) is 0 Å². The number of hydrogen-bond donors (Lipinski definition) is 1. The lowest BCUT2D eigenvalue weighted by molar-refractivity contribution is -0.122. The van der Waals surface area contributed by atoms with Crippen LogP contribution in [-0.4, -0.2) is 26.6 Å². The Bertz CT molecular complexity index is 1180. The molecule has 0 aromatic heterocycles. The van der Waals surface area contributed by atoms with Crippen LogP contribution in [0.3, 0.4) is 0 Å². The van der Waals surface area contributed by atoms with E-state index in [-0.39, 0.29) is 5.91 Å². The average molecular weight is 445 g/mol. The molecule has 1 N–H and O–H groups in total. The van der Waals surface area contributed by atoms with E-state index in [2.05, 4.69) is 5.32 Å². The average Bonchev–Trinajstić information content (AvgIpc) is 2.71. The van der Waals surface area contributed by atoms with Gasteiger partial charge in [0.25, 0.3) is 0 Å². The standard InChI is InChI=1S/C23H25ClN2O3S/c1-4-22(26(30(3,28)29)20-12-9-16(2)21(24)14-20)23(27)25-15-17-10-11-18-7-5-6-8-19(18)13-17/h5-14,22H,4,15H2,1-3H3,(H,25,27)/t22-/m0/s1. The van der Waals surface area contributed by atoms with Crippen molar-refractivity contribution in [1.82, 2.24) is 5.32 Å². The Kier molecular flexibility index (Phi) is 6.68. The third-order valence-electron chi connectivity index (χ3n) is 5.02. The Morgan fingerprint density at radius 2 is 1.77 bits per heavy atom. The molecule has 7 heteroatoms. The molecule has 0 heterocycles. The number of aryl methyl sites for hydroxylation is 1. The summed E-state index contributed by atoms with van der Waals surface area (Å²) >= 11 is 6.20. The number of anilines is 1. The first kappa shape index (κ1) is 22.1. The van der Waals surface area contributed by atoms with Crippen molar-refractivity contribution in [3.05, 3.63) is 76.8 Å². The maximum atomic E-state index is 13.0. The zero-order chi connectivity index (χ0) is 21.9. The Labute approximate surface area is 182 Å². The number of benzene rings is 3. The van der Waals surface area contributed by atoms with Crippen molar-refractivity contribution in [1.29, 1.82) is 0 Å². The van der Waals surface area contributed by atoms with E-state index in [1.165, 1.54) is 0 Å². The van der Waals surface area contributed by atoms with Gasteiger partial charge >= 0.3 is 0 Å². The van der Waals surface area contributed by atoms with Gasteiger partial charge in [-0.25, -0.2) is 8.42 Å². The molecule has 3 aromatic carbocycles. The molecular weight excluding hydrogens is 420 g/mol. The maximum absolute atomic E-state index is 13.0. The number of sulfonamides is 1. The van der Waals surface area contributed by atoms with E-state index in [1.807, 2.05) is 49.4 Å². The molecule has 0 bridgehead atoms. The van der Waals surface area contributed by atoms with Gasteiger partial charge in [0.05, 0.1) is 11.9 Å². The first-order valence-electron chi connectivity index (χ1n) is 9.71. The quantitative estimate of drug-likeness (QED) is 0.576. The topological polar surface area (TPSA) is 66.5 Å². The number of amides is 1. The van der Waals surface area contributed by atoms with Gasteiger partial charge in [0.1, 0.15) is 6.04 Å². The summed E-state index contributed by atoms with van der Waals surface area (Å²) in [5.74, 6) is -0.354. The Morgan fingerprint density at radius 3 is 2.40 bits per heavy atom. The highest BCUT2D eigenvalue weighted by atomic mass is 35.5. The van der Waals surface area contributed by atoms with Crippen LogP contribution >= 0.6 is 11.6 Å². The van der Waals surface area contributed by atoms with E-state index in [4.69, 9.17) is 11.6 Å². The number of carbonyl (C=O) groups excluding carboxylic acids is 1. The summed E-state index contributed by atoms with van der Waals surface area (Å²) in [6.45, 7) is 3.94. The first-order valence-corrected chi connectivity index (χ1v) is 11.9. The third kappa shape index (κ3) is 4.94. The van der Waals surface area contributed by atoms with Gasteiger partial charge in [0, 0.05) is 11.6 Å². The molecule has 0 spiro atoms. The summed E-state index contributed by atoms with van der Waals surface area (Å²) in [5, 5.41) is 5.55. The minimum absolute atomic E-state index is 0.312. The summed E-state index contributed by atoms with van der Waals surface area (Å²) < 4.78 is 26.3. The Balaban J connectivity index is 1.83. The highest BCUT2D eigenvalue weighted by molar-refractivity contribution is 7.92. The molecule has 158 valence electrons. The van der Waals surface area contributed by atoms with Gasteiger partial charge in [-0.2, -0.15) is 0 Å². The summed E-state index contributed by atoms with van der Waals surface area (Å²) in [5.41, 5.74) is 2.16. The van der Waals surface area contributed by atoms with E-state index in [9.17, 15) is 13.2 Å². The predicted octanol–water partition coefficient (Wildman–Crippen LogP) is 4.66. The van der Waals surface area contributed by atoms with Crippen LogP contribution in [0.1, 0.15) is 24.5 Å². The van der Waals surface area contributed by atoms with E-state index in [0.29, 0.717) is 23.7 Å². The zero-order valence-corrected chi connectivity index (χ0v) is 18.8. The molecule has 0 aliphatic heterocycles. The number of nitrogens with zero attached hydrogens (tertiary/aromatic N) is 1. The van der Waals surface area contributed by atoms with E-state index >= 15 is 0 Å². The summed E-state index contributed by atoms with van der Waals surface area (Å²) in [4.78, 5) is 13.0. The van der Waals surface area contributed by atoms with Gasteiger partial charge in [-0.15, -0.1) is 0 Å². The minimum Gasteiger partial charge on any atom is -0.350 e. The monoisotopic (exact) mass is 444 g/mol. The van der Waals surface area contributed by atoms with Crippen LogP contribution in [-0.2, 0) is 21.4 Å². The number of rotatable bonds is 7. The number of nitrogens with one attached hydrogen (secondary N) is 1. The van der Waals surface area contributed by atoms with Crippen molar-refractivity contribution in [3.63, 3.8) is 0 Å². The van der Waals surface area contributed by atoms with Crippen LogP contribution in [0, 0.1) is 6.92 Å². The van der Waals surface area contributed by atoms with Crippen molar-refractivity contribution in [2.45, 2.75) is 32.9 Å². The molecule has 1 amide bonds. The molecular formula is C23H25ClN2O3S. The number of halogens is 1. The van der Waals surface area contributed by atoms with Crippen LogP contribution in [0.4, 0.5) is 5.69 Å². The van der Waals surface area contributed by atoms with Crippen molar-refractivity contribution in [3.8, 4) is 0 Å². The molecule has 0 unspecified atom stereocenters. The second-order valence-corrected chi connectivity index (χ2v) is 9.58. The molecule has 1 atom stereocenters. The molecule has 3 aromatic rings. The maximum Gasteiger partial charge on any atom is 0.244 e. The first-order chi connectivity index (χ1) is 14.2. The van der Waals surface area contributed by atoms with Crippen molar-refractivity contribution < 1.29 is 13.2 Å². The van der Waals surface area contributed by atoms with Crippen LogP contribution < -0.4 is 9.62 Å². The van der Waals surface area contributed by atoms with E-state index in [1.54, 1.807) is 25.1 Å². The molecule has 0 aliphatic carbocycles. The number of carbonyl (C=O) groups is 1. The van der Waals surface area contributed by atoms with E-state index < -0.39 is 16.1 Å². The Morgan fingerprint density at radius 1 is 1.07 bits per heavy atom. The van der Waals surface area contributed by atoms with E-state index in [0.717, 1.165) is 32.5 Å². The fraction of sp³-hybridized carbons (Fsp3) is 0.261. The largest absolute Gasteiger partial charge is 0.350 e. The van der Waals surface area contributed by atoms with Crippen LogP contribution in [0.2, 0.25) is 5.02 Å². The molecule has 30 heavy (non-hydrogen) atoms. The second-order valence-electron chi connectivity index (χ2n) is 7.32. The Hall–Kier alpha value is -2.57. The lowest BCUT2D eigenvalue weighted by atomic mass is 10.1. The molecule has 5 nitrogen and oxygen atoms in total. The SMILES string of the molecule is CC[C@@H](C(=O)NCc1ccc2ccccc2c1)N(c1ccc(C)c(Cl)c1)S(C)(=O)=O. The fourth-order valence-electron chi connectivity index (χ4n) is 3.43. The van der Waals surface area contributed by atoms with Gasteiger partial charge in [-0.1, -0.05) is 61.0 Å². The van der Waals surface area contributed by atoms with Crippen LogP contribution in [0.25, 0.3) is 10.8 Å². The molecule has 0 aliphatic rings. The van der Waals surface area contributed by atoms with Gasteiger partial charge in [0.2, 0.25) is 15.9 Å². The summed E-state index contributed by atoms with van der Waals surface area (Å²) in [7, 11) is -3.70. The van der Waals surface area contributed by atoms with Crippen molar-refractivity contribution in [2.24, 2.45) is 0 Å². The smallest absolute Gasteiger partial charge is 0.244 e. The molecule has 0 fully saturated rings. The molecule has 0 radical (unpaired) electrons. The van der Waals surface area contributed by atoms with Gasteiger partial charge in [0.15, 0.2) is 0 Å². The summed E-state index contributed by atoms with van der Waals surface area (Å²) in [6.07, 6.45) is 1.42. The van der Waals surface area contributed by atoms with Gasteiger partial charge in [-0.3, -0.25) is 9.10 Å². The minimum atomic E-state index is -3.70. The van der Waals surface area contributed by atoms with Gasteiger partial charge < -0.3 is 5.32 Å². The predicted molar refractivity (Wildman–Crippen MR) is 123 cm³/mol. The normalized spacial score (nSPS) is 12.5. The zero-order valence-electron chi connectivity index (χ0n) is 17.2. The lowest BCUT2D eigenvalue weighted by Gasteiger charge is -2.30. The van der Waals surface area contributed by atoms with Crippen molar-refractivity contribution >= 4 is 44.0 Å². The molecule has 3 rings (SSSR count). The fourth-order valence-corrected chi connectivity index (χ4v) is 4.81. The third-order valence-corrected chi connectivity index (χ3v) is 6.61. The van der Waals surface area contributed by atoms with Gasteiger partial charge in [-0.05, 0) is 53.4 Å². The summed E-state index contributed by atoms with van der Waals surface area (Å²) in [6, 6.07) is 18.1. The van der Waals surface area contributed by atoms with Crippen molar-refractivity contribution in [2.75, 3.05) is 10.6 Å².